The summed E-state index contributed by atoms with van der Waals surface area (Å²) in [6, 6.07) is 8.51. The molecule has 0 spiro atoms. The van der Waals surface area contributed by atoms with Gasteiger partial charge in [-0.25, -0.2) is 18.1 Å². The molecule has 0 aliphatic rings. The number of rotatable bonds is 6. The van der Waals surface area contributed by atoms with Gasteiger partial charge in [-0.05, 0) is 12.5 Å². The lowest BCUT2D eigenvalue weighted by Crippen LogP contribution is -2.31. The Morgan fingerprint density at radius 3 is 2.57 bits per heavy atom. The summed E-state index contributed by atoms with van der Waals surface area (Å²) < 4.78 is 26.6. The number of carboxylic acids is 1. The molecule has 0 saturated heterocycles. The number of aliphatic carboxylic acids is 1. The number of aromatic nitrogens is 1. The lowest BCUT2D eigenvalue weighted by Gasteiger charge is -2.13. The van der Waals surface area contributed by atoms with Crippen LogP contribution in [0.15, 0.2) is 40.7 Å². The van der Waals surface area contributed by atoms with Crippen LogP contribution in [-0.4, -0.2) is 31.0 Å². The second-order valence-corrected chi connectivity index (χ2v) is 7.58. The fraction of sp³-hybridized carbons (Fsp3) is 0.231. The average Bonchev–Trinajstić information content (AvgIpc) is 2.87. The molecule has 1 atom stereocenters. The van der Waals surface area contributed by atoms with E-state index in [4.69, 9.17) is 0 Å². The average molecular weight is 326 g/mol. The Morgan fingerprint density at radius 1 is 1.38 bits per heavy atom. The Kier molecular flexibility index (Phi) is 4.71. The third kappa shape index (κ3) is 3.87. The summed E-state index contributed by atoms with van der Waals surface area (Å²) in [5.74, 6) is -2.01. The van der Waals surface area contributed by atoms with Gasteiger partial charge < -0.3 is 5.11 Å². The van der Waals surface area contributed by atoms with Crippen LogP contribution < -0.4 is 4.72 Å². The second-order valence-electron chi connectivity index (χ2n) is 4.35. The van der Waals surface area contributed by atoms with Gasteiger partial charge in [0.05, 0.1) is 17.1 Å². The lowest BCUT2D eigenvalue weighted by molar-refractivity contribution is -0.138. The molecule has 0 aliphatic heterocycles. The van der Waals surface area contributed by atoms with Gasteiger partial charge in [0, 0.05) is 6.54 Å². The summed E-state index contributed by atoms with van der Waals surface area (Å²) in [5, 5.41) is 9.89. The predicted molar refractivity (Wildman–Crippen MR) is 78.9 cm³/mol. The highest BCUT2D eigenvalue weighted by Crippen LogP contribution is 2.19. The minimum Gasteiger partial charge on any atom is -0.481 e. The van der Waals surface area contributed by atoms with Crippen molar-refractivity contribution in [1.82, 2.24) is 9.71 Å². The van der Waals surface area contributed by atoms with E-state index in [1.807, 2.05) is 0 Å². The van der Waals surface area contributed by atoms with Crippen molar-refractivity contribution in [2.24, 2.45) is 0 Å². The minimum atomic E-state index is -3.73. The monoisotopic (exact) mass is 326 g/mol. The zero-order valence-corrected chi connectivity index (χ0v) is 12.8. The maximum absolute atomic E-state index is 12.1. The maximum atomic E-state index is 12.1. The summed E-state index contributed by atoms with van der Waals surface area (Å²) in [6.45, 7) is 1.49. The van der Waals surface area contributed by atoms with Crippen molar-refractivity contribution in [3.8, 4) is 0 Å². The van der Waals surface area contributed by atoms with Crippen LogP contribution in [0.4, 0.5) is 0 Å². The van der Waals surface area contributed by atoms with E-state index in [2.05, 4.69) is 9.71 Å². The number of sulfonamides is 1. The van der Waals surface area contributed by atoms with E-state index in [9.17, 15) is 18.3 Å². The molecule has 0 bridgehead atoms. The van der Waals surface area contributed by atoms with Crippen LogP contribution in [0.5, 0.6) is 0 Å². The van der Waals surface area contributed by atoms with Crippen LogP contribution in [0, 0.1) is 6.92 Å². The molecule has 6 nitrogen and oxygen atoms in total. The van der Waals surface area contributed by atoms with Gasteiger partial charge in [0.2, 0.25) is 0 Å². The van der Waals surface area contributed by atoms with Crippen molar-refractivity contribution in [1.29, 1.82) is 0 Å². The van der Waals surface area contributed by atoms with E-state index >= 15 is 0 Å². The van der Waals surface area contributed by atoms with Gasteiger partial charge >= 0.3 is 5.97 Å². The molecule has 2 aromatic rings. The standard InChI is InChI=1S/C13H14N2O4S2/c1-9-14-8-12(20-9)21(18,19)15-7-11(13(16)17)10-5-3-2-4-6-10/h2-6,8,11,15H,7H2,1H3,(H,16,17). The molecule has 1 aromatic carbocycles. The molecule has 8 heteroatoms. The largest absolute Gasteiger partial charge is 0.481 e. The van der Waals surface area contributed by atoms with E-state index < -0.39 is 21.9 Å². The fourth-order valence-electron chi connectivity index (χ4n) is 1.76. The SMILES string of the molecule is Cc1ncc(S(=O)(=O)NCC(C(=O)O)c2ccccc2)s1. The van der Waals surface area contributed by atoms with Crippen molar-refractivity contribution >= 4 is 27.3 Å². The third-order valence-electron chi connectivity index (χ3n) is 2.84. The summed E-state index contributed by atoms with van der Waals surface area (Å²) in [6.07, 6.45) is 1.26. The first kappa shape index (κ1) is 15.6. The van der Waals surface area contributed by atoms with Crippen LogP contribution in [-0.2, 0) is 14.8 Å². The Hall–Kier alpha value is -1.77. The molecule has 0 aliphatic carbocycles. The number of carboxylic acid groups (broad SMARTS) is 1. The Morgan fingerprint density at radius 2 is 2.05 bits per heavy atom. The van der Waals surface area contributed by atoms with E-state index in [1.165, 1.54) is 6.20 Å². The molecule has 21 heavy (non-hydrogen) atoms. The molecule has 2 rings (SSSR count). The molecule has 0 saturated carbocycles. The molecule has 0 radical (unpaired) electrons. The molecule has 1 heterocycles. The molecule has 1 aromatic heterocycles. The maximum Gasteiger partial charge on any atom is 0.312 e. The van der Waals surface area contributed by atoms with Crippen molar-refractivity contribution in [2.45, 2.75) is 17.1 Å². The first-order valence-corrected chi connectivity index (χ1v) is 8.40. The van der Waals surface area contributed by atoms with Crippen LogP contribution in [0.25, 0.3) is 0 Å². The highest BCUT2D eigenvalue weighted by atomic mass is 32.2. The van der Waals surface area contributed by atoms with Crippen molar-refractivity contribution in [3.63, 3.8) is 0 Å². The number of thiazole rings is 1. The van der Waals surface area contributed by atoms with Crippen molar-refractivity contribution in [2.75, 3.05) is 6.54 Å². The zero-order valence-electron chi connectivity index (χ0n) is 11.2. The molecule has 0 amide bonds. The van der Waals surface area contributed by atoms with Crippen LogP contribution in [0.3, 0.4) is 0 Å². The van der Waals surface area contributed by atoms with E-state index in [0.717, 1.165) is 11.3 Å². The normalized spacial score (nSPS) is 13.0. The summed E-state index contributed by atoms with van der Waals surface area (Å²) in [5.41, 5.74) is 0.549. The van der Waals surface area contributed by atoms with Gasteiger partial charge in [0.25, 0.3) is 10.0 Å². The summed E-state index contributed by atoms with van der Waals surface area (Å²) >= 11 is 1.04. The van der Waals surface area contributed by atoms with E-state index in [0.29, 0.717) is 10.6 Å². The third-order valence-corrected chi connectivity index (χ3v) is 5.64. The minimum absolute atomic E-state index is 0.0807. The van der Waals surface area contributed by atoms with Gasteiger partial charge in [-0.1, -0.05) is 30.3 Å². The first-order chi connectivity index (χ1) is 9.90. The lowest BCUT2D eigenvalue weighted by atomic mass is 10.00. The molecule has 1 unspecified atom stereocenters. The molecular formula is C13H14N2O4S2. The summed E-state index contributed by atoms with van der Waals surface area (Å²) in [7, 11) is -3.73. The van der Waals surface area contributed by atoms with Crippen molar-refractivity contribution in [3.05, 3.63) is 47.1 Å². The smallest absolute Gasteiger partial charge is 0.312 e. The van der Waals surface area contributed by atoms with Gasteiger partial charge in [0.1, 0.15) is 0 Å². The molecule has 112 valence electrons. The fourth-order valence-corrected chi connectivity index (χ4v) is 3.96. The Labute approximate surface area is 126 Å². The first-order valence-electron chi connectivity index (χ1n) is 6.10. The summed E-state index contributed by atoms with van der Waals surface area (Å²) in [4.78, 5) is 15.2. The van der Waals surface area contributed by atoms with Gasteiger partial charge in [-0.3, -0.25) is 4.79 Å². The van der Waals surface area contributed by atoms with Crippen molar-refractivity contribution < 1.29 is 18.3 Å². The van der Waals surface area contributed by atoms with Crippen LogP contribution in [0.1, 0.15) is 16.5 Å². The topological polar surface area (TPSA) is 96.4 Å². The number of carbonyl (C=O) groups is 1. The van der Waals surface area contributed by atoms with Crippen LogP contribution >= 0.6 is 11.3 Å². The molecule has 2 N–H and O–H groups in total. The zero-order chi connectivity index (χ0) is 15.5. The van der Waals surface area contributed by atoms with E-state index in [1.54, 1.807) is 37.3 Å². The number of hydrogen-bond acceptors (Lipinski definition) is 5. The Bertz CT molecular complexity index is 726. The highest BCUT2D eigenvalue weighted by Gasteiger charge is 2.24. The quantitative estimate of drug-likeness (QED) is 0.840. The van der Waals surface area contributed by atoms with E-state index in [-0.39, 0.29) is 10.8 Å². The van der Waals surface area contributed by atoms with Gasteiger partial charge in [0.15, 0.2) is 4.21 Å². The molecule has 0 fully saturated rings. The van der Waals surface area contributed by atoms with Crippen LogP contribution in [0.2, 0.25) is 0 Å². The number of aryl methyl sites for hydroxylation is 1. The second kappa shape index (κ2) is 6.33. The van der Waals surface area contributed by atoms with Gasteiger partial charge in [-0.2, -0.15) is 0 Å². The van der Waals surface area contributed by atoms with Gasteiger partial charge in [-0.15, -0.1) is 11.3 Å². The highest BCUT2D eigenvalue weighted by molar-refractivity contribution is 7.91. The molecular weight excluding hydrogens is 312 g/mol. The number of hydrogen-bond donors (Lipinski definition) is 2. The number of nitrogens with zero attached hydrogens (tertiary/aromatic N) is 1. The number of benzene rings is 1. The Balaban J connectivity index is 2.14. The predicted octanol–water partition coefficient (Wildman–Crippen LogP) is 1.60. The number of nitrogens with one attached hydrogen (secondary N) is 1.